The maximum atomic E-state index is 6.10. The minimum absolute atomic E-state index is 0.721. The number of rotatable bonds is 6. The Morgan fingerprint density at radius 1 is 1.32 bits per heavy atom. The molecule has 1 N–H and O–H groups in total. The molecule has 1 aromatic heterocycles. The molecule has 0 unspecified atom stereocenters. The summed E-state index contributed by atoms with van der Waals surface area (Å²) in [7, 11) is 0. The summed E-state index contributed by atoms with van der Waals surface area (Å²) in [5.74, 6) is 1.83. The summed E-state index contributed by atoms with van der Waals surface area (Å²) in [6.45, 7) is 0.919. The standard InChI is InChI=1S/C15H16ClNOS/c16-12-4-3-11(9-17-13-5-6-13)15(8-12)19-10-14-2-1-7-18-14/h1-4,7-8,13,17H,5-6,9-10H2. The van der Waals surface area contributed by atoms with Gasteiger partial charge in [-0.25, -0.2) is 0 Å². The summed E-state index contributed by atoms with van der Waals surface area (Å²) < 4.78 is 5.36. The smallest absolute Gasteiger partial charge is 0.113 e. The number of hydrogen-bond donors (Lipinski definition) is 1. The Hall–Kier alpha value is -0.900. The number of benzene rings is 1. The first-order chi connectivity index (χ1) is 9.31. The van der Waals surface area contributed by atoms with Crippen LogP contribution in [0.15, 0.2) is 45.9 Å². The molecule has 2 aromatic rings. The van der Waals surface area contributed by atoms with Crippen molar-refractivity contribution >= 4 is 23.4 Å². The van der Waals surface area contributed by atoms with Crippen molar-refractivity contribution in [2.75, 3.05) is 0 Å². The summed E-state index contributed by atoms with van der Waals surface area (Å²) in [5.41, 5.74) is 1.31. The van der Waals surface area contributed by atoms with E-state index in [2.05, 4.69) is 11.4 Å². The summed E-state index contributed by atoms with van der Waals surface area (Å²) in [6, 6.07) is 10.8. The molecule has 0 amide bonds. The minimum atomic E-state index is 0.721. The fraction of sp³-hybridized carbons (Fsp3) is 0.333. The van der Waals surface area contributed by atoms with Gasteiger partial charge in [-0.05, 0) is 42.7 Å². The first-order valence-corrected chi connectivity index (χ1v) is 7.84. The highest BCUT2D eigenvalue weighted by atomic mass is 35.5. The molecule has 1 aliphatic rings. The number of thioether (sulfide) groups is 1. The molecule has 0 atom stereocenters. The second kappa shape index (κ2) is 6.04. The van der Waals surface area contributed by atoms with Crippen molar-refractivity contribution in [3.05, 3.63) is 52.9 Å². The highest BCUT2D eigenvalue weighted by molar-refractivity contribution is 7.98. The van der Waals surface area contributed by atoms with Gasteiger partial charge in [0.25, 0.3) is 0 Å². The molecule has 1 aromatic carbocycles. The summed E-state index contributed by atoms with van der Waals surface area (Å²) in [4.78, 5) is 1.23. The Morgan fingerprint density at radius 3 is 2.95 bits per heavy atom. The van der Waals surface area contributed by atoms with Crippen LogP contribution >= 0.6 is 23.4 Å². The van der Waals surface area contributed by atoms with Crippen LogP contribution in [0.5, 0.6) is 0 Å². The topological polar surface area (TPSA) is 25.2 Å². The lowest BCUT2D eigenvalue weighted by Gasteiger charge is -2.10. The van der Waals surface area contributed by atoms with Gasteiger partial charge in [-0.2, -0.15) is 0 Å². The maximum absolute atomic E-state index is 6.10. The molecule has 100 valence electrons. The molecule has 4 heteroatoms. The van der Waals surface area contributed by atoms with Crippen LogP contribution in [0.3, 0.4) is 0 Å². The molecule has 0 radical (unpaired) electrons. The van der Waals surface area contributed by atoms with E-state index >= 15 is 0 Å². The van der Waals surface area contributed by atoms with Gasteiger partial charge in [0.2, 0.25) is 0 Å². The van der Waals surface area contributed by atoms with Gasteiger partial charge in [0.1, 0.15) is 5.76 Å². The zero-order valence-corrected chi connectivity index (χ0v) is 12.1. The molecule has 1 fully saturated rings. The lowest BCUT2D eigenvalue weighted by Crippen LogP contribution is -2.15. The SMILES string of the molecule is Clc1ccc(CNC2CC2)c(SCc2ccco2)c1. The van der Waals surface area contributed by atoms with Crippen molar-refractivity contribution in [1.82, 2.24) is 5.32 Å². The van der Waals surface area contributed by atoms with E-state index in [4.69, 9.17) is 16.0 Å². The van der Waals surface area contributed by atoms with Crippen LogP contribution in [0.1, 0.15) is 24.2 Å². The van der Waals surface area contributed by atoms with Crippen molar-refractivity contribution in [2.45, 2.75) is 36.1 Å². The van der Waals surface area contributed by atoms with Crippen molar-refractivity contribution in [2.24, 2.45) is 0 Å². The molecule has 0 spiro atoms. The Bertz CT molecular complexity index is 537. The zero-order valence-electron chi connectivity index (χ0n) is 10.6. The molecule has 0 bridgehead atoms. The summed E-state index contributed by atoms with van der Waals surface area (Å²) >= 11 is 7.87. The van der Waals surface area contributed by atoms with E-state index in [-0.39, 0.29) is 0 Å². The Labute approximate surface area is 122 Å². The quantitative estimate of drug-likeness (QED) is 0.795. The number of furan rings is 1. The zero-order chi connectivity index (χ0) is 13.1. The predicted molar refractivity (Wildman–Crippen MR) is 79.6 cm³/mol. The van der Waals surface area contributed by atoms with Gasteiger partial charge in [-0.3, -0.25) is 0 Å². The van der Waals surface area contributed by atoms with Crippen molar-refractivity contribution in [3.8, 4) is 0 Å². The van der Waals surface area contributed by atoms with Crippen LogP contribution in [0.2, 0.25) is 5.02 Å². The normalized spacial score (nSPS) is 14.8. The molecule has 19 heavy (non-hydrogen) atoms. The third-order valence-corrected chi connectivity index (χ3v) is 4.49. The Kier molecular flexibility index (Phi) is 4.16. The molecule has 0 saturated heterocycles. The Balaban J connectivity index is 1.67. The molecular weight excluding hydrogens is 278 g/mol. The molecule has 1 aliphatic carbocycles. The summed E-state index contributed by atoms with van der Waals surface area (Å²) in [5, 5.41) is 4.34. The fourth-order valence-corrected chi connectivity index (χ4v) is 3.13. The number of nitrogens with one attached hydrogen (secondary N) is 1. The molecule has 3 rings (SSSR count). The van der Waals surface area contributed by atoms with Crippen LogP contribution in [0.4, 0.5) is 0 Å². The lowest BCUT2D eigenvalue weighted by atomic mass is 10.2. The van der Waals surface area contributed by atoms with E-state index in [1.807, 2.05) is 24.3 Å². The molecule has 2 nitrogen and oxygen atoms in total. The van der Waals surface area contributed by atoms with Gasteiger partial charge in [-0.15, -0.1) is 11.8 Å². The number of hydrogen-bond acceptors (Lipinski definition) is 3. The third kappa shape index (κ3) is 3.78. The summed E-state index contributed by atoms with van der Waals surface area (Å²) in [6.07, 6.45) is 4.33. The molecule has 1 heterocycles. The first-order valence-electron chi connectivity index (χ1n) is 6.48. The highest BCUT2D eigenvalue weighted by Crippen LogP contribution is 2.30. The van der Waals surface area contributed by atoms with E-state index in [1.54, 1.807) is 18.0 Å². The van der Waals surface area contributed by atoms with E-state index in [0.717, 1.165) is 29.1 Å². The van der Waals surface area contributed by atoms with Crippen molar-refractivity contribution in [1.29, 1.82) is 0 Å². The van der Waals surface area contributed by atoms with E-state index < -0.39 is 0 Å². The first kappa shape index (κ1) is 13.1. The monoisotopic (exact) mass is 293 g/mol. The largest absolute Gasteiger partial charge is 0.468 e. The van der Waals surface area contributed by atoms with E-state index in [1.165, 1.54) is 23.3 Å². The van der Waals surface area contributed by atoms with Gasteiger partial charge < -0.3 is 9.73 Å². The van der Waals surface area contributed by atoms with E-state index in [9.17, 15) is 0 Å². The van der Waals surface area contributed by atoms with Gasteiger partial charge in [0.05, 0.1) is 12.0 Å². The fourth-order valence-electron chi connectivity index (χ4n) is 1.89. The third-order valence-electron chi connectivity index (χ3n) is 3.14. The highest BCUT2D eigenvalue weighted by Gasteiger charge is 2.20. The van der Waals surface area contributed by atoms with Gasteiger partial charge >= 0.3 is 0 Å². The molecule has 0 aliphatic heterocycles. The van der Waals surface area contributed by atoms with Crippen molar-refractivity contribution < 1.29 is 4.42 Å². The van der Waals surface area contributed by atoms with Crippen LogP contribution in [0.25, 0.3) is 0 Å². The second-order valence-electron chi connectivity index (χ2n) is 4.78. The maximum Gasteiger partial charge on any atom is 0.113 e. The van der Waals surface area contributed by atoms with E-state index in [0.29, 0.717) is 0 Å². The minimum Gasteiger partial charge on any atom is -0.468 e. The number of halogens is 1. The van der Waals surface area contributed by atoms with Gasteiger partial charge in [-0.1, -0.05) is 17.7 Å². The average molecular weight is 294 g/mol. The van der Waals surface area contributed by atoms with Crippen LogP contribution in [0, 0.1) is 0 Å². The second-order valence-corrected chi connectivity index (χ2v) is 6.23. The molecule has 1 saturated carbocycles. The van der Waals surface area contributed by atoms with Crippen molar-refractivity contribution in [3.63, 3.8) is 0 Å². The molecular formula is C15H16ClNOS. The predicted octanol–water partition coefficient (Wildman–Crippen LogP) is 4.48. The Morgan fingerprint density at radius 2 is 2.21 bits per heavy atom. The average Bonchev–Trinajstić information content (AvgIpc) is 3.09. The van der Waals surface area contributed by atoms with Gasteiger partial charge in [0.15, 0.2) is 0 Å². The van der Waals surface area contributed by atoms with Crippen LogP contribution in [-0.2, 0) is 12.3 Å². The van der Waals surface area contributed by atoms with Gasteiger partial charge in [0, 0.05) is 22.5 Å². The van der Waals surface area contributed by atoms with Crippen LogP contribution in [-0.4, -0.2) is 6.04 Å². The van der Waals surface area contributed by atoms with Crippen LogP contribution < -0.4 is 5.32 Å². The lowest BCUT2D eigenvalue weighted by molar-refractivity contribution is 0.530.